The van der Waals surface area contributed by atoms with Crippen LogP contribution in [0.5, 0.6) is 0 Å². The maximum absolute atomic E-state index is 13.7. The molecule has 2 aromatic carbocycles. The van der Waals surface area contributed by atoms with Gasteiger partial charge in [-0.05, 0) is 42.5 Å². The van der Waals surface area contributed by atoms with E-state index in [1.54, 1.807) is 0 Å². The van der Waals surface area contributed by atoms with E-state index >= 15 is 0 Å². The van der Waals surface area contributed by atoms with E-state index in [-0.39, 0.29) is 10.4 Å². The van der Waals surface area contributed by atoms with Gasteiger partial charge in [-0.1, -0.05) is 4.85 Å². The smallest absolute Gasteiger partial charge is 0.268 e. The molecule has 3 rings (SSSR count). The van der Waals surface area contributed by atoms with Crippen molar-refractivity contribution in [3.63, 3.8) is 0 Å². The lowest BCUT2D eigenvalue weighted by Crippen LogP contribution is -2.35. The summed E-state index contributed by atoms with van der Waals surface area (Å²) < 4.78 is 65.7. The second-order valence-electron chi connectivity index (χ2n) is 6.36. The third-order valence-electron chi connectivity index (χ3n) is 4.09. The lowest BCUT2D eigenvalue weighted by atomic mass is 10.2. The summed E-state index contributed by atoms with van der Waals surface area (Å²) in [6.07, 6.45) is -1.28. The van der Waals surface area contributed by atoms with Gasteiger partial charge >= 0.3 is 0 Å². The lowest BCUT2D eigenvalue weighted by Gasteiger charge is -2.15. The molecule has 1 aromatic heterocycles. The second kappa shape index (κ2) is 7.91. The van der Waals surface area contributed by atoms with E-state index in [1.165, 1.54) is 39.2 Å². The van der Waals surface area contributed by atoms with Gasteiger partial charge in [-0.15, -0.1) is 5.10 Å². The number of rotatable bonds is 6. The highest BCUT2D eigenvalue weighted by Gasteiger charge is 2.23. The molecular weight excluding hydrogens is 427 g/mol. The summed E-state index contributed by atoms with van der Waals surface area (Å²) in [6, 6.07) is 5.56. The van der Waals surface area contributed by atoms with Crippen LogP contribution in [0.25, 0.3) is 11.0 Å². The number of carbonyl (C=O) groups excluding carboxylic acids is 1. The van der Waals surface area contributed by atoms with E-state index in [0.29, 0.717) is 11.6 Å². The van der Waals surface area contributed by atoms with Crippen LogP contribution in [0.2, 0.25) is 0 Å². The number of halogens is 3. The number of nitrogens with one attached hydrogen (secondary N) is 1. The predicted octanol–water partition coefficient (Wildman–Crippen LogP) is 1.55. The van der Waals surface area contributed by atoms with Crippen molar-refractivity contribution in [1.29, 1.82) is 0 Å². The molecule has 0 bridgehead atoms. The molecule has 1 N–H and O–H groups in total. The topological polar surface area (TPSA) is 106 Å². The summed E-state index contributed by atoms with van der Waals surface area (Å²) in [5.74, 6) is -5.56. The van der Waals surface area contributed by atoms with Crippen molar-refractivity contribution in [2.75, 3.05) is 19.4 Å². The van der Waals surface area contributed by atoms with Crippen molar-refractivity contribution in [3.05, 3.63) is 47.8 Å². The van der Waals surface area contributed by atoms with Gasteiger partial charge in [0.15, 0.2) is 17.5 Å². The minimum atomic E-state index is -3.74. The molecule has 0 saturated heterocycles. The number of aromatic nitrogens is 3. The number of hydrogen-bond donors (Lipinski definition) is 1. The summed E-state index contributed by atoms with van der Waals surface area (Å²) in [7, 11) is -0.998. The van der Waals surface area contributed by atoms with Crippen LogP contribution >= 0.6 is 0 Å². The summed E-state index contributed by atoms with van der Waals surface area (Å²) in [5.41, 5.74) is -0.110. The quantitative estimate of drug-likeness (QED) is 0.580. The monoisotopic (exact) mass is 443 g/mol. The average molecular weight is 443 g/mol. The fourth-order valence-corrected chi connectivity index (χ4v) is 3.30. The SMILES string of the molecule is C[C@H](On1nnc2ccc(S(=O)(=O)N(C)C)cc21)C(=O)Nc1ccc(F)c(F)c1F. The summed E-state index contributed by atoms with van der Waals surface area (Å²) in [4.78, 5) is 18.4. The molecule has 0 fully saturated rings. The summed E-state index contributed by atoms with van der Waals surface area (Å²) in [6.45, 7) is 1.29. The van der Waals surface area contributed by atoms with Gasteiger partial charge in [-0.2, -0.15) is 0 Å². The van der Waals surface area contributed by atoms with Crippen LogP contribution in [0.15, 0.2) is 35.2 Å². The Morgan fingerprint density at radius 1 is 1.17 bits per heavy atom. The molecule has 0 unspecified atom stereocenters. The van der Waals surface area contributed by atoms with Gasteiger partial charge in [0, 0.05) is 14.1 Å². The van der Waals surface area contributed by atoms with E-state index in [9.17, 15) is 26.4 Å². The van der Waals surface area contributed by atoms with E-state index in [0.717, 1.165) is 15.2 Å². The Hall–Kier alpha value is -3.19. The van der Waals surface area contributed by atoms with Crippen molar-refractivity contribution >= 4 is 32.7 Å². The number of carbonyl (C=O) groups is 1. The lowest BCUT2D eigenvalue weighted by molar-refractivity contribution is -0.127. The summed E-state index contributed by atoms with van der Waals surface area (Å²) >= 11 is 0. The molecule has 0 radical (unpaired) electrons. The number of hydrogen-bond acceptors (Lipinski definition) is 6. The highest BCUT2D eigenvalue weighted by atomic mass is 32.2. The van der Waals surface area contributed by atoms with Crippen LogP contribution in [-0.2, 0) is 14.8 Å². The largest absolute Gasteiger partial charge is 0.382 e. The highest BCUT2D eigenvalue weighted by molar-refractivity contribution is 7.89. The average Bonchev–Trinajstić information content (AvgIpc) is 3.10. The molecule has 0 aliphatic heterocycles. The number of fused-ring (bicyclic) bond motifs is 1. The van der Waals surface area contributed by atoms with Gasteiger partial charge in [0.2, 0.25) is 16.1 Å². The fourth-order valence-electron chi connectivity index (χ4n) is 2.38. The molecule has 30 heavy (non-hydrogen) atoms. The van der Waals surface area contributed by atoms with Crippen LogP contribution in [0.1, 0.15) is 6.92 Å². The molecule has 0 saturated carbocycles. The van der Waals surface area contributed by atoms with Crippen LogP contribution in [0.3, 0.4) is 0 Å². The Kier molecular flexibility index (Phi) is 5.67. The van der Waals surface area contributed by atoms with Crippen molar-refractivity contribution in [2.24, 2.45) is 0 Å². The molecule has 0 aliphatic rings. The standard InChI is InChI=1S/C17H16F3N5O4S/c1-9(17(26)21-13-7-5-11(18)15(19)16(13)20)29-25-14-8-10(30(27,28)24(2)3)4-6-12(14)22-23-25/h4-9H,1-3H3,(H,21,26)/t9-/m0/s1. The zero-order valence-corrected chi connectivity index (χ0v) is 16.7. The molecule has 160 valence electrons. The first-order valence-electron chi connectivity index (χ1n) is 8.42. The number of nitrogens with zero attached hydrogens (tertiary/aromatic N) is 4. The Morgan fingerprint density at radius 2 is 1.87 bits per heavy atom. The summed E-state index contributed by atoms with van der Waals surface area (Å²) in [5, 5.41) is 9.60. The van der Waals surface area contributed by atoms with Crippen LogP contribution < -0.4 is 10.2 Å². The first-order chi connectivity index (χ1) is 14.0. The Labute approximate surface area is 169 Å². The van der Waals surface area contributed by atoms with Crippen LogP contribution in [0.4, 0.5) is 18.9 Å². The number of sulfonamides is 1. The minimum absolute atomic E-state index is 0.0480. The number of anilines is 1. The maximum Gasteiger partial charge on any atom is 0.268 e. The molecule has 3 aromatic rings. The number of amides is 1. The van der Waals surface area contributed by atoms with Gasteiger partial charge in [0.05, 0.1) is 10.6 Å². The predicted molar refractivity (Wildman–Crippen MR) is 99.4 cm³/mol. The van der Waals surface area contributed by atoms with E-state index in [1.807, 2.05) is 0 Å². The van der Waals surface area contributed by atoms with Gasteiger partial charge in [0.1, 0.15) is 11.0 Å². The molecular formula is C17H16F3N5O4S. The normalized spacial score (nSPS) is 12.9. The van der Waals surface area contributed by atoms with E-state index < -0.39 is 45.2 Å². The fraction of sp³-hybridized carbons (Fsp3) is 0.235. The van der Waals surface area contributed by atoms with Crippen molar-refractivity contribution in [3.8, 4) is 0 Å². The molecule has 13 heteroatoms. The zero-order valence-electron chi connectivity index (χ0n) is 15.9. The van der Waals surface area contributed by atoms with Gasteiger partial charge < -0.3 is 10.2 Å². The maximum atomic E-state index is 13.7. The van der Waals surface area contributed by atoms with Crippen molar-refractivity contribution in [2.45, 2.75) is 17.9 Å². The number of benzene rings is 2. The van der Waals surface area contributed by atoms with Crippen LogP contribution in [0, 0.1) is 17.5 Å². The van der Waals surface area contributed by atoms with Gasteiger partial charge in [-0.25, -0.2) is 25.9 Å². The van der Waals surface area contributed by atoms with Gasteiger partial charge in [0.25, 0.3) is 5.91 Å². The molecule has 0 spiro atoms. The van der Waals surface area contributed by atoms with Gasteiger partial charge in [-0.3, -0.25) is 4.79 Å². The van der Waals surface area contributed by atoms with E-state index in [2.05, 4.69) is 15.6 Å². The zero-order chi connectivity index (χ0) is 22.2. The van der Waals surface area contributed by atoms with Crippen molar-refractivity contribution < 1.29 is 31.2 Å². The van der Waals surface area contributed by atoms with Crippen molar-refractivity contribution in [1.82, 2.24) is 19.5 Å². The molecule has 1 atom stereocenters. The molecule has 1 amide bonds. The first kappa shape index (κ1) is 21.5. The Morgan fingerprint density at radius 3 is 2.53 bits per heavy atom. The third kappa shape index (κ3) is 3.93. The first-order valence-corrected chi connectivity index (χ1v) is 9.86. The molecule has 1 heterocycles. The molecule has 0 aliphatic carbocycles. The Bertz CT molecular complexity index is 1230. The Balaban J connectivity index is 1.83. The highest BCUT2D eigenvalue weighted by Crippen LogP contribution is 2.21. The van der Waals surface area contributed by atoms with Crippen LogP contribution in [-0.4, -0.2) is 54.0 Å². The molecule has 9 nitrogen and oxygen atoms in total. The third-order valence-corrected chi connectivity index (χ3v) is 5.90. The van der Waals surface area contributed by atoms with E-state index in [4.69, 9.17) is 4.84 Å². The minimum Gasteiger partial charge on any atom is -0.382 e. The second-order valence-corrected chi connectivity index (χ2v) is 8.51.